The molecule has 0 atom stereocenters. The summed E-state index contributed by atoms with van der Waals surface area (Å²) in [6.45, 7) is 4.35. The Morgan fingerprint density at radius 2 is 2.03 bits per heavy atom. The van der Waals surface area contributed by atoms with Gasteiger partial charge in [0.05, 0.1) is 11.9 Å². The van der Waals surface area contributed by atoms with Crippen molar-refractivity contribution in [1.82, 2.24) is 9.88 Å². The predicted molar refractivity (Wildman–Crippen MR) is 123 cm³/mol. The molecule has 1 aliphatic heterocycles. The first-order valence-corrected chi connectivity index (χ1v) is 11.2. The van der Waals surface area contributed by atoms with Gasteiger partial charge in [0.15, 0.2) is 0 Å². The van der Waals surface area contributed by atoms with Gasteiger partial charge in [-0.15, -0.1) is 0 Å². The lowest BCUT2D eigenvalue weighted by Crippen LogP contribution is -2.34. The molecular formula is C26H24F3N3O2. The number of nitrogens with one attached hydrogen (secondary N) is 1. The molecule has 0 radical (unpaired) electrons. The lowest BCUT2D eigenvalue weighted by Gasteiger charge is -2.30. The van der Waals surface area contributed by atoms with E-state index >= 15 is 4.39 Å². The number of aromatic amines is 1. The second-order valence-corrected chi connectivity index (χ2v) is 9.06. The number of primary amides is 1. The van der Waals surface area contributed by atoms with E-state index in [4.69, 9.17) is 5.73 Å². The average molecular weight is 467 g/mol. The van der Waals surface area contributed by atoms with Gasteiger partial charge in [0.25, 0.3) is 5.92 Å². The van der Waals surface area contributed by atoms with E-state index in [2.05, 4.69) is 11.6 Å². The van der Waals surface area contributed by atoms with Gasteiger partial charge >= 0.3 is 0 Å². The smallest absolute Gasteiger partial charge is 0.252 e. The van der Waals surface area contributed by atoms with E-state index in [-0.39, 0.29) is 30.7 Å². The second kappa shape index (κ2) is 8.04. The van der Waals surface area contributed by atoms with Gasteiger partial charge in [0.1, 0.15) is 5.82 Å². The quantitative estimate of drug-likeness (QED) is 0.564. The number of H-pyrrole nitrogens is 1. The van der Waals surface area contributed by atoms with Gasteiger partial charge in [0.2, 0.25) is 11.8 Å². The van der Waals surface area contributed by atoms with Crippen LogP contribution in [-0.4, -0.2) is 34.2 Å². The van der Waals surface area contributed by atoms with Crippen molar-refractivity contribution >= 4 is 22.7 Å². The third-order valence-electron chi connectivity index (χ3n) is 6.87. The van der Waals surface area contributed by atoms with Crippen molar-refractivity contribution in [2.24, 2.45) is 5.73 Å². The van der Waals surface area contributed by atoms with E-state index < -0.39 is 24.1 Å². The van der Waals surface area contributed by atoms with Crippen molar-refractivity contribution in [2.75, 3.05) is 6.54 Å². The zero-order chi connectivity index (χ0) is 24.2. The molecule has 0 unspecified atom stereocenters. The number of halogens is 3. The fourth-order valence-corrected chi connectivity index (χ4v) is 5.34. The highest BCUT2D eigenvalue weighted by Crippen LogP contribution is 2.44. The molecule has 0 saturated heterocycles. The zero-order valence-electron chi connectivity index (χ0n) is 18.5. The molecule has 176 valence electrons. The summed E-state index contributed by atoms with van der Waals surface area (Å²) in [4.78, 5) is 28.6. The van der Waals surface area contributed by atoms with Crippen molar-refractivity contribution in [3.05, 3.63) is 70.7 Å². The molecule has 3 N–H and O–H groups in total. The molecule has 2 heterocycles. The van der Waals surface area contributed by atoms with Crippen LogP contribution in [0.15, 0.2) is 36.9 Å². The van der Waals surface area contributed by atoms with Crippen LogP contribution in [0.4, 0.5) is 13.2 Å². The lowest BCUT2D eigenvalue weighted by atomic mass is 9.85. The summed E-state index contributed by atoms with van der Waals surface area (Å²) >= 11 is 0. The standard InChI is InChI=1S/C26H24F3N3O2/c1-2-22(34)32-9-7-16-14(13-32)4-3-5-17(16)23-19(27)10-15(11-21(30)33)25-24(23)18-12-26(28,29)8-6-20(18)31-25/h2-5,10,31H,1,6-9,11-13H2,(H2,30,33). The normalized spacial score (nSPS) is 16.7. The molecule has 5 rings (SSSR count). The van der Waals surface area contributed by atoms with Crippen LogP contribution in [0.25, 0.3) is 22.0 Å². The Morgan fingerprint density at radius 3 is 2.76 bits per heavy atom. The van der Waals surface area contributed by atoms with Crippen molar-refractivity contribution < 1.29 is 22.8 Å². The first-order valence-electron chi connectivity index (χ1n) is 11.2. The number of nitrogens with two attached hydrogens (primary N) is 1. The molecule has 0 saturated carbocycles. The SMILES string of the molecule is C=CC(=O)N1CCc2c(cccc2-c2c(F)cc(CC(N)=O)c3[nH]c4c(c23)CC(F)(F)CC4)C1. The number of fused-ring (bicyclic) bond motifs is 4. The highest BCUT2D eigenvalue weighted by molar-refractivity contribution is 6.02. The number of hydrogen-bond acceptors (Lipinski definition) is 2. The minimum atomic E-state index is -2.89. The largest absolute Gasteiger partial charge is 0.369 e. The van der Waals surface area contributed by atoms with E-state index in [9.17, 15) is 18.4 Å². The third-order valence-corrected chi connectivity index (χ3v) is 6.87. The minimum Gasteiger partial charge on any atom is -0.369 e. The Morgan fingerprint density at radius 1 is 1.24 bits per heavy atom. The molecule has 5 nitrogen and oxygen atoms in total. The topological polar surface area (TPSA) is 79.2 Å². The van der Waals surface area contributed by atoms with Gasteiger partial charge in [-0.3, -0.25) is 9.59 Å². The van der Waals surface area contributed by atoms with Crippen LogP contribution >= 0.6 is 0 Å². The number of rotatable bonds is 4. The summed E-state index contributed by atoms with van der Waals surface area (Å²) in [5.74, 6) is -4.28. The van der Waals surface area contributed by atoms with E-state index in [0.29, 0.717) is 52.8 Å². The van der Waals surface area contributed by atoms with Crippen LogP contribution in [0, 0.1) is 5.82 Å². The van der Waals surface area contributed by atoms with Gasteiger partial charge in [-0.1, -0.05) is 24.8 Å². The number of aryl methyl sites for hydroxylation is 1. The molecule has 2 aliphatic rings. The van der Waals surface area contributed by atoms with E-state index in [1.807, 2.05) is 6.07 Å². The summed E-state index contributed by atoms with van der Waals surface area (Å²) in [6.07, 6.45) is 0.920. The number of nitrogens with zero attached hydrogens (tertiary/aromatic N) is 1. The number of amides is 2. The highest BCUT2D eigenvalue weighted by Gasteiger charge is 2.37. The van der Waals surface area contributed by atoms with Crippen molar-refractivity contribution in [3.63, 3.8) is 0 Å². The molecule has 8 heteroatoms. The summed E-state index contributed by atoms with van der Waals surface area (Å²) in [6, 6.07) is 6.74. The molecule has 1 aliphatic carbocycles. The minimum absolute atomic E-state index is 0.138. The molecule has 2 aromatic carbocycles. The van der Waals surface area contributed by atoms with E-state index in [1.54, 1.807) is 17.0 Å². The fourth-order valence-electron chi connectivity index (χ4n) is 5.34. The summed E-state index contributed by atoms with van der Waals surface area (Å²) in [5.41, 5.74) is 9.89. The van der Waals surface area contributed by atoms with Crippen molar-refractivity contribution in [1.29, 1.82) is 0 Å². The Bertz CT molecular complexity index is 1360. The van der Waals surface area contributed by atoms with Crippen LogP contribution in [-0.2, 0) is 41.8 Å². The number of hydrogen-bond donors (Lipinski definition) is 2. The summed E-state index contributed by atoms with van der Waals surface area (Å²) in [5, 5.41) is 0.392. The maximum atomic E-state index is 15.8. The van der Waals surface area contributed by atoms with Gasteiger partial charge < -0.3 is 15.6 Å². The Hall–Kier alpha value is -3.55. The molecule has 0 bridgehead atoms. The molecule has 2 amide bonds. The maximum absolute atomic E-state index is 15.8. The molecule has 1 aromatic heterocycles. The first-order chi connectivity index (χ1) is 16.2. The first kappa shape index (κ1) is 22.3. The number of carbonyl (C=O) groups is 2. The van der Waals surface area contributed by atoms with Gasteiger partial charge in [-0.05, 0) is 52.8 Å². The van der Waals surface area contributed by atoms with Crippen molar-refractivity contribution in [3.8, 4) is 11.1 Å². The van der Waals surface area contributed by atoms with Crippen LogP contribution in [0.2, 0.25) is 0 Å². The average Bonchev–Trinajstić information content (AvgIpc) is 3.15. The predicted octanol–water partition coefficient (Wildman–Crippen LogP) is 4.20. The van der Waals surface area contributed by atoms with Gasteiger partial charge in [-0.2, -0.15) is 0 Å². The summed E-state index contributed by atoms with van der Waals surface area (Å²) in [7, 11) is 0. The van der Waals surface area contributed by atoms with E-state index in [0.717, 1.165) is 11.1 Å². The van der Waals surface area contributed by atoms with Crippen LogP contribution < -0.4 is 5.73 Å². The number of carbonyl (C=O) groups excluding carboxylic acids is 2. The Kier molecular flexibility index (Phi) is 5.26. The summed E-state index contributed by atoms with van der Waals surface area (Å²) < 4.78 is 44.6. The Balaban J connectivity index is 1.75. The molecule has 34 heavy (non-hydrogen) atoms. The van der Waals surface area contributed by atoms with Crippen LogP contribution in [0.3, 0.4) is 0 Å². The fraction of sp³-hybridized carbons (Fsp3) is 0.308. The van der Waals surface area contributed by atoms with Crippen LogP contribution in [0.1, 0.15) is 34.4 Å². The van der Waals surface area contributed by atoms with Gasteiger partial charge in [0, 0.05) is 42.6 Å². The number of benzene rings is 2. The van der Waals surface area contributed by atoms with Crippen LogP contribution in [0.5, 0.6) is 0 Å². The molecule has 0 spiro atoms. The lowest BCUT2D eigenvalue weighted by molar-refractivity contribution is -0.126. The van der Waals surface area contributed by atoms with E-state index in [1.165, 1.54) is 12.1 Å². The maximum Gasteiger partial charge on any atom is 0.252 e. The number of aromatic nitrogens is 1. The zero-order valence-corrected chi connectivity index (χ0v) is 18.5. The third kappa shape index (κ3) is 3.67. The Labute approximate surface area is 194 Å². The molecular weight excluding hydrogens is 443 g/mol. The second-order valence-electron chi connectivity index (χ2n) is 9.06. The van der Waals surface area contributed by atoms with Crippen molar-refractivity contribution in [2.45, 2.75) is 44.6 Å². The molecule has 0 fully saturated rings. The molecule has 3 aromatic rings. The highest BCUT2D eigenvalue weighted by atomic mass is 19.3. The monoisotopic (exact) mass is 467 g/mol. The van der Waals surface area contributed by atoms with Gasteiger partial charge in [-0.25, -0.2) is 13.2 Å². The number of alkyl halides is 2.